The van der Waals surface area contributed by atoms with Gasteiger partial charge in [-0.25, -0.2) is 9.78 Å². The average molecular weight is 341 g/mol. The molecule has 1 aromatic carbocycles. The van der Waals surface area contributed by atoms with Crippen molar-refractivity contribution in [2.24, 2.45) is 0 Å². The molecule has 0 spiro atoms. The number of anilines is 1. The van der Waals surface area contributed by atoms with Gasteiger partial charge in [0.2, 0.25) is 0 Å². The zero-order valence-corrected chi connectivity index (χ0v) is 13.7. The third kappa shape index (κ3) is 3.52. The van der Waals surface area contributed by atoms with E-state index in [1.165, 1.54) is 11.3 Å². The number of nitrogens with zero attached hydrogens (tertiary/aromatic N) is 2. The van der Waals surface area contributed by atoms with Crippen LogP contribution in [-0.2, 0) is 4.74 Å². The third-order valence-corrected chi connectivity index (χ3v) is 4.00. The maximum Gasteiger partial charge on any atom is 0.357 e. The lowest BCUT2D eigenvalue weighted by Gasteiger charge is -2.05. The molecule has 0 unspecified atom stereocenters. The Morgan fingerprint density at radius 3 is 2.58 bits per heavy atom. The van der Waals surface area contributed by atoms with E-state index in [1.54, 1.807) is 24.4 Å². The van der Waals surface area contributed by atoms with Crippen molar-refractivity contribution in [3.8, 4) is 5.69 Å². The molecule has 2 aromatic heterocycles. The maximum atomic E-state index is 12.2. The summed E-state index contributed by atoms with van der Waals surface area (Å²) in [7, 11) is 0. The van der Waals surface area contributed by atoms with E-state index in [9.17, 15) is 9.59 Å². The van der Waals surface area contributed by atoms with E-state index >= 15 is 0 Å². The van der Waals surface area contributed by atoms with Gasteiger partial charge in [-0.15, -0.1) is 11.3 Å². The molecule has 0 saturated heterocycles. The number of esters is 1. The molecule has 24 heavy (non-hydrogen) atoms. The minimum absolute atomic E-state index is 0.195. The van der Waals surface area contributed by atoms with Gasteiger partial charge in [0.15, 0.2) is 10.8 Å². The van der Waals surface area contributed by atoms with Gasteiger partial charge in [0.25, 0.3) is 5.91 Å². The van der Waals surface area contributed by atoms with E-state index in [1.807, 2.05) is 41.2 Å². The number of hydrogen-bond acceptors (Lipinski definition) is 5. The third-order valence-electron chi connectivity index (χ3n) is 3.24. The first-order valence-corrected chi connectivity index (χ1v) is 8.22. The number of carbonyl (C=O) groups is 2. The summed E-state index contributed by atoms with van der Waals surface area (Å²) in [5, 5.41) is 4.60. The molecule has 0 saturated carbocycles. The zero-order valence-electron chi connectivity index (χ0n) is 12.9. The van der Waals surface area contributed by atoms with Crippen LogP contribution in [0, 0.1) is 0 Å². The Labute approximate surface area is 142 Å². The van der Waals surface area contributed by atoms with Crippen molar-refractivity contribution in [1.82, 2.24) is 9.55 Å². The quantitative estimate of drug-likeness (QED) is 0.722. The minimum Gasteiger partial charge on any atom is -0.461 e. The van der Waals surface area contributed by atoms with Crippen LogP contribution in [-0.4, -0.2) is 28.0 Å². The van der Waals surface area contributed by atoms with Crippen LogP contribution < -0.4 is 5.32 Å². The second-order valence-electron chi connectivity index (χ2n) is 4.85. The van der Waals surface area contributed by atoms with E-state index in [0.29, 0.717) is 10.7 Å². The molecule has 1 amide bonds. The Kier molecular flexibility index (Phi) is 4.72. The molecule has 0 aliphatic heterocycles. The zero-order chi connectivity index (χ0) is 16.9. The highest BCUT2D eigenvalue weighted by molar-refractivity contribution is 7.14. The van der Waals surface area contributed by atoms with Crippen LogP contribution in [0.3, 0.4) is 0 Å². The monoisotopic (exact) mass is 341 g/mol. The standard InChI is InChI=1S/C17H15N3O3S/c1-2-23-16(22)14-11-24-17(18-14)19-15(21)12-5-7-13(8-6-12)20-9-3-4-10-20/h3-11H,2H2,1H3,(H,18,19,21). The number of aromatic nitrogens is 2. The molecule has 0 radical (unpaired) electrons. The molecule has 0 atom stereocenters. The van der Waals surface area contributed by atoms with Gasteiger partial charge >= 0.3 is 5.97 Å². The van der Waals surface area contributed by atoms with Gasteiger partial charge in [-0.3, -0.25) is 10.1 Å². The molecule has 2 heterocycles. The highest BCUT2D eigenvalue weighted by atomic mass is 32.1. The SMILES string of the molecule is CCOC(=O)c1csc(NC(=O)c2ccc(-n3cccc3)cc2)n1. The molecule has 122 valence electrons. The second-order valence-corrected chi connectivity index (χ2v) is 5.71. The Morgan fingerprint density at radius 1 is 1.21 bits per heavy atom. The fraction of sp³-hybridized carbons (Fsp3) is 0.118. The highest BCUT2D eigenvalue weighted by Crippen LogP contribution is 2.18. The summed E-state index contributed by atoms with van der Waals surface area (Å²) >= 11 is 1.18. The number of nitrogens with one attached hydrogen (secondary N) is 1. The number of carbonyl (C=O) groups excluding carboxylic acids is 2. The molecular weight excluding hydrogens is 326 g/mol. The maximum absolute atomic E-state index is 12.2. The molecule has 0 aliphatic carbocycles. The summed E-state index contributed by atoms with van der Waals surface area (Å²) in [6.45, 7) is 2.01. The summed E-state index contributed by atoms with van der Waals surface area (Å²) in [4.78, 5) is 27.9. The van der Waals surface area contributed by atoms with Gasteiger partial charge in [-0.05, 0) is 43.3 Å². The first-order valence-electron chi connectivity index (χ1n) is 7.35. The number of ether oxygens (including phenoxy) is 1. The van der Waals surface area contributed by atoms with Gasteiger partial charge in [0.1, 0.15) is 0 Å². The molecule has 6 nitrogen and oxygen atoms in total. The molecule has 3 aromatic rings. The van der Waals surface area contributed by atoms with Crippen molar-refractivity contribution in [2.75, 3.05) is 11.9 Å². The van der Waals surface area contributed by atoms with Crippen molar-refractivity contribution in [2.45, 2.75) is 6.92 Å². The van der Waals surface area contributed by atoms with Crippen LogP contribution in [0.15, 0.2) is 54.2 Å². The molecular formula is C17H15N3O3S. The predicted molar refractivity (Wildman–Crippen MR) is 91.8 cm³/mol. The topological polar surface area (TPSA) is 73.2 Å². The first-order chi connectivity index (χ1) is 11.7. The van der Waals surface area contributed by atoms with Crippen molar-refractivity contribution >= 4 is 28.3 Å². The molecule has 7 heteroatoms. The summed E-state index contributed by atoms with van der Waals surface area (Å²) in [6, 6.07) is 11.1. The fourth-order valence-electron chi connectivity index (χ4n) is 2.09. The van der Waals surface area contributed by atoms with Crippen LogP contribution in [0.25, 0.3) is 5.69 Å². The van der Waals surface area contributed by atoms with Crippen molar-refractivity contribution in [1.29, 1.82) is 0 Å². The normalized spacial score (nSPS) is 10.4. The summed E-state index contributed by atoms with van der Waals surface area (Å²) < 4.78 is 6.82. The van der Waals surface area contributed by atoms with Crippen molar-refractivity contribution in [3.63, 3.8) is 0 Å². The molecule has 3 rings (SSSR count). The van der Waals surface area contributed by atoms with Gasteiger partial charge in [0.05, 0.1) is 6.61 Å². The highest BCUT2D eigenvalue weighted by Gasteiger charge is 2.14. The number of amides is 1. The summed E-state index contributed by atoms with van der Waals surface area (Å²) in [5.74, 6) is -0.774. The van der Waals surface area contributed by atoms with E-state index < -0.39 is 5.97 Å². The summed E-state index contributed by atoms with van der Waals surface area (Å²) in [5.41, 5.74) is 1.68. The van der Waals surface area contributed by atoms with E-state index in [-0.39, 0.29) is 18.2 Å². The minimum atomic E-state index is -0.495. The fourth-order valence-corrected chi connectivity index (χ4v) is 2.77. The van der Waals surface area contributed by atoms with Crippen LogP contribution in [0.1, 0.15) is 27.8 Å². The van der Waals surface area contributed by atoms with Crippen molar-refractivity contribution < 1.29 is 14.3 Å². The van der Waals surface area contributed by atoms with Crippen LogP contribution in [0.4, 0.5) is 5.13 Å². The Balaban J connectivity index is 1.68. The van der Waals surface area contributed by atoms with Crippen molar-refractivity contribution in [3.05, 3.63) is 65.4 Å². The lowest BCUT2D eigenvalue weighted by molar-refractivity contribution is 0.0520. The smallest absolute Gasteiger partial charge is 0.357 e. The predicted octanol–water partition coefficient (Wildman–Crippen LogP) is 3.36. The van der Waals surface area contributed by atoms with E-state index in [0.717, 1.165) is 5.69 Å². The van der Waals surface area contributed by atoms with Crippen LogP contribution in [0.2, 0.25) is 0 Å². The first kappa shape index (κ1) is 15.9. The average Bonchev–Trinajstić information content (AvgIpc) is 3.27. The van der Waals surface area contributed by atoms with Gasteiger partial charge in [0, 0.05) is 29.0 Å². The largest absolute Gasteiger partial charge is 0.461 e. The number of rotatable bonds is 5. The molecule has 0 aliphatic rings. The van der Waals surface area contributed by atoms with Gasteiger partial charge < -0.3 is 9.30 Å². The summed E-state index contributed by atoms with van der Waals surface area (Å²) in [6.07, 6.45) is 3.86. The van der Waals surface area contributed by atoms with Gasteiger partial charge in [-0.1, -0.05) is 0 Å². The lowest BCUT2D eigenvalue weighted by atomic mass is 10.2. The van der Waals surface area contributed by atoms with E-state index in [2.05, 4.69) is 10.3 Å². The number of hydrogen-bond donors (Lipinski definition) is 1. The van der Waals surface area contributed by atoms with E-state index in [4.69, 9.17) is 4.74 Å². The molecule has 0 bridgehead atoms. The number of benzene rings is 1. The lowest BCUT2D eigenvalue weighted by Crippen LogP contribution is -2.12. The Bertz CT molecular complexity index is 838. The molecule has 1 N–H and O–H groups in total. The Hall–Kier alpha value is -2.93. The second kappa shape index (κ2) is 7.10. The molecule has 0 fully saturated rings. The number of thiazole rings is 1. The van der Waals surface area contributed by atoms with Gasteiger partial charge in [-0.2, -0.15) is 0 Å². The Morgan fingerprint density at radius 2 is 1.92 bits per heavy atom. The van der Waals surface area contributed by atoms with Crippen LogP contribution in [0.5, 0.6) is 0 Å². The van der Waals surface area contributed by atoms with Crippen LogP contribution >= 0.6 is 11.3 Å².